The minimum absolute atomic E-state index is 0.0208. The Kier molecular flexibility index (Phi) is 5.95. The molecule has 0 fully saturated rings. The summed E-state index contributed by atoms with van der Waals surface area (Å²) in [6.45, 7) is 4.61. The fourth-order valence-corrected chi connectivity index (χ4v) is 1.87. The molecule has 0 bridgehead atoms. The maximum atomic E-state index is 11.8. The van der Waals surface area contributed by atoms with Crippen LogP contribution in [0.2, 0.25) is 5.02 Å². The smallest absolute Gasteiger partial charge is 0.319 e. The quantitative estimate of drug-likeness (QED) is 0.769. The fourth-order valence-electron chi connectivity index (χ4n) is 1.69. The Balaban J connectivity index is 2.53. The van der Waals surface area contributed by atoms with Crippen LogP contribution in [-0.2, 0) is 0 Å². The number of carbonyl (C=O) groups is 1. The van der Waals surface area contributed by atoms with Gasteiger partial charge in [0.25, 0.3) is 0 Å². The van der Waals surface area contributed by atoms with E-state index in [0.717, 1.165) is 6.42 Å². The molecule has 1 aromatic carbocycles. The number of hydrogen-bond donors (Lipinski definition) is 3. The Morgan fingerprint density at radius 1 is 1.39 bits per heavy atom. The van der Waals surface area contributed by atoms with Gasteiger partial charge in [0, 0.05) is 12.6 Å². The fraction of sp³-hybridized carbons (Fsp3) is 0.462. The van der Waals surface area contributed by atoms with Crippen molar-refractivity contribution in [2.75, 3.05) is 11.9 Å². The highest BCUT2D eigenvalue weighted by Crippen LogP contribution is 2.20. The Hall–Kier alpha value is -1.26. The van der Waals surface area contributed by atoms with Crippen LogP contribution in [0.5, 0.6) is 0 Å². The number of halogens is 1. The molecule has 1 unspecified atom stereocenters. The normalized spacial score (nSPS) is 12.3. The largest absolute Gasteiger partial charge is 0.334 e. The van der Waals surface area contributed by atoms with Crippen LogP contribution in [0, 0.1) is 5.92 Å². The SMILES string of the molecule is CC(C)CC(CN)NC(=O)Nc1ccccc1Cl. The van der Waals surface area contributed by atoms with Gasteiger partial charge >= 0.3 is 6.03 Å². The predicted octanol–water partition coefficient (Wildman–Crippen LogP) is 2.83. The van der Waals surface area contributed by atoms with Crippen LogP contribution in [0.15, 0.2) is 24.3 Å². The molecule has 2 amide bonds. The molecular weight excluding hydrogens is 250 g/mol. The van der Waals surface area contributed by atoms with E-state index < -0.39 is 0 Å². The zero-order valence-corrected chi connectivity index (χ0v) is 11.5. The summed E-state index contributed by atoms with van der Waals surface area (Å²) < 4.78 is 0. The number of nitrogens with one attached hydrogen (secondary N) is 2. The Morgan fingerprint density at radius 3 is 2.61 bits per heavy atom. The molecule has 0 aliphatic carbocycles. The van der Waals surface area contributed by atoms with Gasteiger partial charge in [-0.1, -0.05) is 37.6 Å². The van der Waals surface area contributed by atoms with Gasteiger partial charge in [-0.25, -0.2) is 4.79 Å². The lowest BCUT2D eigenvalue weighted by Crippen LogP contribution is -2.43. The molecule has 0 saturated heterocycles. The van der Waals surface area contributed by atoms with Crippen molar-refractivity contribution in [1.29, 1.82) is 0 Å². The van der Waals surface area contributed by atoms with E-state index in [2.05, 4.69) is 24.5 Å². The number of para-hydroxylation sites is 1. The first kappa shape index (κ1) is 14.8. The van der Waals surface area contributed by atoms with E-state index in [9.17, 15) is 4.79 Å². The topological polar surface area (TPSA) is 67.1 Å². The summed E-state index contributed by atoms with van der Waals surface area (Å²) >= 11 is 5.96. The average Bonchev–Trinajstić information content (AvgIpc) is 2.30. The van der Waals surface area contributed by atoms with E-state index in [1.165, 1.54) is 0 Å². The number of carbonyl (C=O) groups excluding carboxylic acids is 1. The van der Waals surface area contributed by atoms with Gasteiger partial charge in [-0.2, -0.15) is 0 Å². The van der Waals surface area contributed by atoms with Gasteiger partial charge in [0.2, 0.25) is 0 Å². The van der Waals surface area contributed by atoms with E-state index >= 15 is 0 Å². The predicted molar refractivity (Wildman–Crippen MR) is 75.9 cm³/mol. The van der Waals surface area contributed by atoms with E-state index in [4.69, 9.17) is 17.3 Å². The first-order valence-electron chi connectivity index (χ1n) is 6.05. The molecule has 0 aliphatic rings. The summed E-state index contributed by atoms with van der Waals surface area (Å²) in [5.41, 5.74) is 6.22. The third kappa shape index (κ3) is 4.94. The number of urea groups is 1. The highest BCUT2D eigenvalue weighted by Gasteiger charge is 2.12. The second-order valence-corrected chi connectivity index (χ2v) is 5.05. The number of amides is 2. The number of hydrogen-bond acceptors (Lipinski definition) is 2. The van der Waals surface area contributed by atoms with Crippen molar-refractivity contribution in [3.63, 3.8) is 0 Å². The second kappa shape index (κ2) is 7.24. The molecule has 4 nitrogen and oxygen atoms in total. The molecule has 4 N–H and O–H groups in total. The Bertz CT molecular complexity index is 396. The van der Waals surface area contributed by atoms with Crippen LogP contribution in [-0.4, -0.2) is 18.6 Å². The van der Waals surface area contributed by atoms with Crippen molar-refractivity contribution in [3.05, 3.63) is 29.3 Å². The molecule has 18 heavy (non-hydrogen) atoms. The molecule has 5 heteroatoms. The summed E-state index contributed by atoms with van der Waals surface area (Å²) in [5, 5.41) is 6.07. The summed E-state index contributed by atoms with van der Waals surface area (Å²) in [4.78, 5) is 11.8. The molecule has 1 rings (SSSR count). The van der Waals surface area contributed by atoms with Crippen molar-refractivity contribution < 1.29 is 4.79 Å². The van der Waals surface area contributed by atoms with E-state index in [1.807, 2.05) is 12.1 Å². The molecule has 0 spiro atoms. The summed E-state index contributed by atoms with van der Waals surface area (Å²) in [5.74, 6) is 0.485. The van der Waals surface area contributed by atoms with Gasteiger partial charge < -0.3 is 16.4 Å². The van der Waals surface area contributed by atoms with E-state index in [1.54, 1.807) is 12.1 Å². The Labute approximate surface area is 113 Å². The molecule has 1 atom stereocenters. The average molecular weight is 270 g/mol. The molecule has 1 aromatic rings. The number of benzene rings is 1. The molecule has 0 saturated carbocycles. The molecule has 0 radical (unpaired) electrons. The maximum absolute atomic E-state index is 11.8. The van der Waals surface area contributed by atoms with Crippen LogP contribution in [0.25, 0.3) is 0 Å². The van der Waals surface area contributed by atoms with Crippen LogP contribution in [0.1, 0.15) is 20.3 Å². The van der Waals surface area contributed by atoms with Crippen molar-refractivity contribution >= 4 is 23.3 Å². The van der Waals surface area contributed by atoms with E-state index in [-0.39, 0.29) is 12.1 Å². The van der Waals surface area contributed by atoms with Gasteiger partial charge in [-0.3, -0.25) is 0 Å². The number of nitrogens with two attached hydrogens (primary N) is 1. The van der Waals surface area contributed by atoms with Crippen molar-refractivity contribution in [2.24, 2.45) is 11.7 Å². The summed E-state index contributed by atoms with van der Waals surface area (Å²) in [6.07, 6.45) is 0.854. The lowest BCUT2D eigenvalue weighted by atomic mass is 10.0. The zero-order chi connectivity index (χ0) is 13.5. The first-order chi connectivity index (χ1) is 8.52. The van der Waals surface area contributed by atoms with Crippen LogP contribution in [0.3, 0.4) is 0 Å². The zero-order valence-electron chi connectivity index (χ0n) is 10.7. The number of anilines is 1. The molecule has 0 aromatic heterocycles. The summed E-state index contributed by atoms with van der Waals surface area (Å²) in [6, 6.07) is 6.81. The standard InChI is InChI=1S/C13H20ClN3O/c1-9(2)7-10(8-15)16-13(18)17-12-6-4-3-5-11(12)14/h3-6,9-10H,7-8,15H2,1-2H3,(H2,16,17,18). The highest BCUT2D eigenvalue weighted by atomic mass is 35.5. The van der Waals surface area contributed by atoms with Gasteiger partial charge in [0.05, 0.1) is 10.7 Å². The third-order valence-electron chi connectivity index (χ3n) is 2.50. The van der Waals surface area contributed by atoms with Crippen LogP contribution >= 0.6 is 11.6 Å². The second-order valence-electron chi connectivity index (χ2n) is 4.64. The van der Waals surface area contributed by atoms with Gasteiger partial charge in [0.15, 0.2) is 0 Å². The van der Waals surface area contributed by atoms with Crippen LogP contribution < -0.4 is 16.4 Å². The van der Waals surface area contributed by atoms with Crippen molar-refractivity contribution in [2.45, 2.75) is 26.3 Å². The number of rotatable bonds is 5. The van der Waals surface area contributed by atoms with Gasteiger partial charge in [-0.15, -0.1) is 0 Å². The lowest BCUT2D eigenvalue weighted by molar-refractivity contribution is 0.247. The van der Waals surface area contributed by atoms with Gasteiger partial charge in [0.1, 0.15) is 0 Å². The monoisotopic (exact) mass is 269 g/mol. The van der Waals surface area contributed by atoms with E-state index in [0.29, 0.717) is 23.2 Å². The Morgan fingerprint density at radius 2 is 2.06 bits per heavy atom. The minimum Gasteiger partial charge on any atom is -0.334 e. The summed E-state index contributed by atoms with van der Waals surface area (Å²) in [7, 11) is 0. The molecule has 0 heterocycles. The molecular formula is C13H20ClN3O. The minimum atomic E-state index is -0.279. The van der Waals surface area contributed by atoms with Crippen molar-refractivity contribution in [3.8, 4) is 0 Å². The highest BCUT2D eigenvalue weighted by molar-refractivity contribution is 6.33. The van der Waals surface area contributed by atoms with Gasteiger partial charge in [-0.05, 0) is 24.5 Å². The molecule has 0 aliphatic heterocycles. The van der Waals surface area contributed by atoms with Crippen LogP contribution in [0.4, 0.5) is 10.5 Å². The lowest BCUT2D eigenvalue weighted by Gasteiger charge is -2.19. The first-order valence-corrected chi connectivity index (χ1v) is 6.42. The third-order valence-corrected chi connectivity index (χ3v) is 2.83. The van der Waals surface area contributed by atoms with Crippen molar-refractivity contribution in [1.82, 2.24) is 5.32 Å². The molecule has 100 valence electrons. The maximum Gasteiger partial charge on any atom is 0.319 e.